The molecule has 1 atom stereocenters. The number of aliphatic hydroxyl groups is 1. The molecule has 0 radical (unpaired) electrons. The summed E-state index contributed by atoms with van der Waals surface area (Å²) in [5.41, 5.74) is 0.979. The van der Waals surface area contributed by atoms with Crippen LogP contribution in [0.3, 0.4) is 0 Å². The van der Waals surface area contributed by atoms with E-state index in [9.17, 15) is 5.11 Å². The smallest absolute Gasteiger partial charge is 0.0898 e. The zero-order valence-electron chi connectivity index (χ0n) is 11.5. The van der Waals surface area contributed by atoms with Crippen LogP contribution >= 0.6 is 0 Å². The lowest BCUT2D eigenvalue weighted by molar-refractivity contribution is -0.0392. The number of benzene rings is 1. The third kappa shape index (κ3) is 3.35. The molecule has 0 aliphatic carbocycles. The Balaban J connectivity index is 1.53. The summed E-state index contributed by atoms with van der Waals surface area (Å²) >= 11 is 0. The van der Waals surface area contributed by atoms with E-state index in [0.717, 1.165) is 32.6 Å². The zero-order chi connectivity index (χ0) is 13.1. The van der Waals surface area contributed by atoms with Gasteiger partial charge in [-0.15, -0.1) is 0 Å². The van der Waals surface area contributed by atoms with Crippen molar-refractivity contribution in [3.8, 4) is 0 Å². The van der Waals surface area contributed by atoms with Crippen LogP contribution in [0.5, 0.6) is 0 Å². The van der Waals surface area contributed by atoms with Crippen LogP contribution in [0.2, 0.25) is 0 Å². The molecule has 0 saturated carbocycles. The van der Waals surface area contributed by atoms with Crippen LogP contribution < -0.4 is 5.32 Å². The van der Waals surface area contributed by atoms with Gasteiger partial charge in [0.2, 0.25) is 0 Å². The van der Waals surface area contributed by atoms with E-state index in [4.69, 9.17) is 0 Å². The second kappa shape index (κ2) is 5.61. The normalized spacial score (nSPS) is 26.9. The Labute approximate surface area is 115 Å². The lowest BCUT2D eigenvalue weighted by Gasteiger charge is -2.42. The molecule has 0 bridgehead atoms. The molecule has 0 amide bonds. The molecule has 2 N–H and O–H groups in total. The maximum Gasteiger partial charge on any atom is 0.0898 e. The second-order valence-electron chi connectivity index (χ2n) is 6.26. The first-order valence-electron chi connectivity index (χ1n) is 7.43. The van der Waals surface area contributed by atoms with Gasteiger partial charge in [0.25, 0.3) is 0 Å². The number of nitrogens with one attached hydrogen (secondary N) is 1. The Kier molecular flexibility index (Phi) is 3.87. The van der Waals surface area contributed by atoms with Crippen LogP contribution in [0, 0.1) is 5.92 Å². The summed E-state index contributed by atoms with van der Waals surface area (Å²) in [6.45, 7) is 4.94. The van der Waals surface area contributed by atoms with Crippen molar-refractivity contribution in [3.05, 3.63) is 35.9 Å². The zero-order valence-corrected chi connectivity index (χ0v) is 11.5. The highest BCUT2D eigenvalue weighted by atomic mass is 16.3. The second-order valence-corrected chi connectivity index (χ2v) is 6.26. The van der Waals surface area contributed by atoms with E-state index in [2.05, 4.69) is 40.5 Å². The van der Waals surface area contributed by atoms with E-state index in [0.29, 0.717) is 5.92 Å². The highest BCUT2D eigenvalue weighted by Gasteiger charge is 2.37. The van der Waals surface area contributed by atoms with Crippen LogP contribution in [-0.2, 0) is 6.54 Å². The topological polar surface area (TPSA) is 35.5 Å². The molecular formula is C16H24N2O. The van der Waals surface area contributed by atoms with Crippen molar-refractivity contribution in [2.75, 3.05) is 26.2 Å². The summed E-state index contributed by atoms with van der Waals surface area (Å²) < 4.78 is 0. The quantitative estimate of drug-likeness (QED) is 0.863. The Morgan fingerprint density at radius 2 is 2.05 bits per heavy atom. The van der Waals surface area contributed by atoms with Crippen LogP contribution in [-0.4, -0.2) is 41.8 Å². The molecule has 3 nitrogen and oxygen atoms in total. The number of hydrogen-bond acceptors (Lipinski definition) is 3. The Morgan fingerprint density at radius 3 is 2.74 bits per heavy atom. The summed E-state index contributed by atoms with van der Waals surface area (Å²) in [4.78, 5) is 2.54. The van der Waals surface area contributed by atoms with E-state index in [1.54, 1.807) is 0 Å². The van der Waals surface area contributed by atoms with Crippen molar-refractivity contribution in [1.29, 1.82) is 0 Å². The third-order valence-electron chi connectivity index (χ3n) is 4.43. The fourth-order valence-electron chi connectivity index (χ4n) is 3.40. The van der Waals surface area contributed by atoms with Gasteiger partial charge in [-0.2, -0.15) is 0 Å². The molecule has 104 valence electrons. The maximum atomic E-state index is 10.3. The van der Waals surface area contributed by atoms with Gasteiger partial charge in [-0.1, -0.05) is 30.3 Å². The van der Waals surface area contributed by atoms with Crippen LogP contribution in [0.4, 0.5) is 0 Å². The van der Waals surface area contributed by atoms with E-state index in [1.807, 2.05) is 0 Å². The molecular weight excluding hydrogens is 236 g/mol. The fourth-order valence-corrected chi connectivity index (χ4v) is 3.40. The first kappa shape index (κ1) is 13.1. The number of piperidine rings is 1. The molecule has 1 aromatic carbocycles. The molecule has 19 heavy (non-hydrogen) atoms. The van der Waals surface area contributed by atoms with Crippen molar-refractivity contribution in [2.45, 2.75) is 31.4 Å². The number of rotatable bonds is 4. The van der Waals surface area contributed by atoms with Crippen molar-refractivity contribution in [2.24, 2.45) is 5.92 Å². The van der Waals surface area contributed by atoms with Gasteiger partial charge in [0.05, 0.1) is 5.60 Å². The molecule has 2 fully saturated rings. The average Bonchev–Trinajstić information content (AvgIpc) is 2.38. The Bertz CT molecular complexity index is 402. The van der Waals surface area contributed by atoms with Crippen molar-refractivity contribution in [1.82, 2.24) is 10.2 Å². The van der Waals surface area contributed by atoms with Gasteiger partial charge in [-0.3, -0.25) is 4.90 Å². The molecule has 2 aliphatic heterocycles. The summed E-state index contributed by atoms with van der Waals surface area (Å²) in [6, 6.07) is 10.7. The number of hydrogen-bond donors (Lipinski definition) is 2. The van der Waals surface area contributed by atoms with E-state index in [-0.39, 0.29) is 0 Å². The van der Waals surface area contributed by atoms with Crippen LogP contribution in [0.25, 0.3) is 0 Å². The summed E-state index contributed by atoms with van der Waals surface area (Å²) in [5, 5.41) is 13.4. The number of likely N-dealkylation sites (tertiary alicyclic amines) is 1. The van der Waals surface area contributed by atoms with Crippen LogP contribution in [0.15, 0.2) is 30.3 Å². The Morgan fingerprint density at radius 1 is 1.26 bits per heavy atom. The maximum absolute atomic E-state index is 10.3. The van der Waals surface area contributed by atoms with E-state index in [1.165, 1.54) is 24.9 Å². The largest absolute Gasteiger partial charge is 0.387 e. The minimum absolute atomic E-state index is 0.416. The monoisotopic (exact) mass is 260 g/mol. The molecule has 2 aliphatic rings. The predicted octanol–water partition coefficient (Wildman–Crippen LogP) is 1.62. The standard InChI is InChI=1S/C16H24N2O/c19-16(12-17-13-16)9-15-7-4-8-18(11-15)10-14-5-2-1-3-6-14/h1-3,5-6,15,17,19H,4,7-13H2. The average molecular weight is 260 g/mol. The lowest BCUT2D eigenvalue weighted by atomic mass is 9.82. The van der Waals surface area contributed by atoms with E-state index < -0.39 is 5.60 Å². The minimum atomic E-state index is -0.416. The Hall–Kier alpha value is -0.900. The molecule has 2 heterocycles. The molecule has 0 aromatic heterocycles. The third-order valence-corrected chi connectivity index (χ3v) is 4.43. The lowest BCUT2D eigenvalue weighted by Crippen LogP contribution is -2.60. The van der Waals surface area contributed by atoms with Gasteiger partial charge in [0.1, 0.15) is 0 Å². The molecule has 3 heteroatoms. The van der Waals surface area contributed by atoms with Gasteiger partial charge in [0, 0.05) is 26.2 Å². The van der Waals surface area contributed by atoms with Crippen molar-refractivity contribution >= 4 is 0 Å². The first-order valence-corrected chi connectivity index (χ1v) is 7.43. The molecule has 0 spiro atoms. The van der Waals surface area contributed by atoms with Crippen molar-refractivity contribution in [3.63, 3.8) is 0 Å². The first-order chi connectivity index (χ1) is 9.23. The predicted molar refractivity (Wildman–Crippen MR) is 76.9 cm³/mol. The number of nitrogens with zero attached hydrogens (tertiary/aromatic N) is 1. The van der Waals surface area contributed by atoms with Gasteiger partial charge in [-0.25, -0.2) is 0 Å². The van der Waals surface area contributed by atoms with Crippen LogP contribution in [0.1, 0.15) is 24.8 Å². The fraction of sp³-hybridized carbons (Fsp3) is 0.625. The molecule has 1 unspecified atom stereocenters. The van der Waals surface area contributed by atoms with Crippen molar-refractivity contribution < 1.29 is 5.11 Å². The minimum Gasteiger partial charge on any atom is -0.387 e. The van der Waals surface area contributed by atoms with Gasteiger partial charge < -0.3 is 10.4 Å². The molecule has 2 saturated heterocycles. The highest BCUT2D eigenvalue weighted by Crippen LogP contribution is 2.28. The van der Waals surface area contributed by atoms with Gasteiger partial charge in [-0.05, 0) is 37.3 Å². The summed E-state index contributed by atoms with van der Waals surface area (Å²) in [6.07, 6.45) is 3.50. The SMILES string of the molecule is OC1(CC2CCCN(Cc3ccccc3)C2)CNC1. The van der Waals surface area contributed by atoms with Gasteiger partial charge in [0.15, 0.2) is 0 Å². The number of β-amino-alcohol motifs (C(OH)–C–C–N with tert-alkyl or cyclic N) is 1. The summed E-state index contributed by atoms with van der Waals surface area (Å²) in [5.74, 6) is 0.657. The summed E-state index contributed by atoms with van der Waals surface area (Å²) in [7, 11) is 0. The van der Waals surface area contributed by atoms with E-state index >= 15 is 0 Å². The molecule has 3 rings (SSSR count). The highest BCUT2D eigenvalue weighted by molar-refractivity contribution is 5.14. The van der Waals surface area contributed by atoms with Gasteiger partial charge >= 0.3 is 0 Å². The molecule has 1 aromatic rings.